The van der Waals surface area contributed by atoms with Crippen molar-refractivity contribution < 1.29 is 4.79 Å². The van der Waals surface area contributed by atoms with Crippen LogP contribution in [-0.2, 0) is 17.6 Å². The van der Waals surface area contributed by atoms with E-state index in [0.717, 1.165) is 63.2 Å². The van der Waals surface area contributed by atoms with Gasteiger partial charge in [-0.25, -0.2) is 4.98 Å². The van der Waals surface area contributed by atoms with Crippen LogP contribution in [0.15, 0.2) is 79.5 Å². The fraction of sp³-hybridized carbons (Fsp3) is 0.705. The van der Waals surface area contributed by atoms with Crippen LogP contribution in [0, 0.1) is 0 Å². The molecule has 0 aromatic carbocycles. The first-order chi connectivity index (χ1) is 36.4. The molecule has 0 fully saturated rings. The molecule has 0 saturated carbocycles. The number of carbonyl (C=O) groups excluding carboxylic acids is 1. The topological polar surface area (TPSA) is 164 Å². The lowest BCUT2D eigenvalue weighted by Gasteiger charge is -2.16. The lowest BCUT2D eigenvalue weighted by Crippen LogP contribution is -2.27. The molecule has 3 heterocycles. The molecular weight excluding hydrogens is 917 g/mol. The average Bonchev–Trinajstić information content (AvgIpc) is 3.43. The Morgan fingerprint density at radius 1 is 0.446 bits per heavy atom. The first-order valence-electron chi connectivity index (χ1n) is 29.3. The Morgan fingerprint density at radius 2 is 0.824 bits per heavy atom. The van der Waals surface area contributed by atoms with Gasteiger partial charge in [0, 0.05) is 50.3 Å². The molecule has 13 heteroatoms. The summed E-state index contributed by atoms with van der Waals surface area (Å²) in [5, 5.41) is 28.5. The van der Waals surface area contributed by atoms with E-state index in [0.29, 0.717) is 18.5 Å². The zero-order chi connectivity index (χ0) is 54.1. The number of hydrogen-bond acceptors (Lipinski definition) is 12. The molecule has 0 radical (unpaired) electrons. The van der Waals surface area contributed by atoms with Gasteiger partial charge in [-0.1, -0.05) is 102 Å². The van der Waals surface area contributed by atoms with Crippen molar-refractivity contribution in [2.45, 2.75) is 192 Å². The lowest BCUT2D eigenvalue weighted by atomic mass is 10.0. The second kappa shape index (κ2) is 56.9. The van der Waals surface area contributed by atoms with Crippen molar-refractivity contribution >= 4 is 17.4 Å². The molecule has 3 rings (SSSR count). The highest BCUT2D eigenvalue weighted by Gasteiger charge is 2.08. The van der Waals surface area contributed by atoms with Crippen molar-refractivity contribution in [1.82, 2.24) is 52.2 Å². The van der Waals surface area contributed by atoms with E-state index in [1.54, 1.807) is 6.20 Å². The summed E-state index contributed by atoms with van der Waals surface area (Å²) >= 11 is 0. The maximum Gasteiger partial charge on any atom is 0.224 e. The van der Waals surface area contributed by atoms with Crippen LogP contribution in [0.4, 0.5) is 11.5 Å². The fourth-order valence-corrected chi connectivity index (χ4v) is 8.43. The maximum atomic E-state index is 11.6. The van der Waals surface area contributed by atoms with Crippen molar-refractivity contribution in [2.75, 3.05) is 99.7 Å². The Labute approximate surface area is 454 Å². The van der Waals surface area contributed by atoms with E-state index in [9.17, 15) is 4.79 Å². The van der Waals surface area contributed by atoms with Crippen molar-refractivity contribution in [1.29, 1.82) is 0 Å². The van der Waals surface area contributed by atoms with E-state index in [4.69, 9.17) is 0 Å². The Balaban J connectivity index is 0.000000971. The molecule has 424 valence electrons. The van der Waals surface area contributed by atoms with Gasteiger partial charge < -0.3 is 47.9 Å². The summed E-state index contributed by atoms with van der Waals surface area (Å²) in [6, 6.07) is 13.4. The molecule has 0 spiro atoms. The average molecular weight is 1030 g/mol. The minimum absolute atomic E-state index is 0.0541. The number of anilines is 2. The van der Waals surface area contributed by atoms with E-state index in [1.165, 1.54) is 165 Å². The van der Waals surface area contributed by atoms with Crippen molar-refractivity contribution in [3.05, 3.63) is 90.7 Å². The molecule has 3 aromatic heterocycles. The van der Waals surface area contributed by atoms with Crippen molar-refractivity contribution in [3.8, 4) is 0 Å². The Bertz CT molecular complexity index is 1520. The monoisotopic (exact) mass is 1030 g/mol. The van der Waals surface area contributed by atoms with Gasteiger partial charge in [0.2, 0.25) is 5.91 Å². The fourth-order valence-electron chi connectivity index (χ4n) is 8.43. The highest BCUT2D eigenvalue weighted by Crippen LogP contribution is 2.15. The molecular formula is C61H114N12O. The zero-order valence-electron chi connectivity index (χ0n) is 48.7. The first-order valence-corrected chi connectivity index (χ1v) is 29.3. The van der Waals surface area contributed by atoms with Crippen LogP contribution in [0.1, 0.15) is 178 Å². The number of nitrogens with zero attached hydrogens (tertiary/aromatic N) is 3. The van der Waals surface area contributed by atoms with E-state index in [2.05, 4.69) is 113 Å². The standard InChI is InChI=1S/2C18H33N3.C13H22N4O.C12H26N2/c2*1-19-13-9-7-5-3-4-6-8-10-18(20-2)16-17-11-14-21-15-12-17;1-14-9-5-3-4-6-13(18)17-11-7-8-12(15-2)16-10-11;1-13-11-9-7-5-3-4-6-8-10-12-14-2/h2*11-12,14-15,18-20H,3-10,13,16H2,1-2H3;7-8,10,14H,3-6,9H2,1-2H3,(H,15,16)(H,17,18);3,5,13-14H,4,6-12H2,1-2H3/b;;;5-3+. The van der Waals surface area contributed by atoms with Gasteiger partial charge in [-0.3, -0.25) is 14.8 Å². The highest BCUT2D eigenvalue weighted by atomic mass is 16.1. The second-order valence-corrected chi connectivity index (χ2v) is 19.6. The molecule has 1 amide bonds. The molecule has 74 heavy (non-hydrogen) atoms. The van der Waals surface area contributed by atoms with Gasteiger partial charge in [-0.05, 0) is 213 Å². The summed E-state index contributed by atoms with van der Waals surface area (Å²) in [7, 11) is 16.0. The zero-order valence-corrected chi connectivity index (χ0v) is 48.7. The van der Waals surface area contributed by atoms with Gasteiger partial charge in [0.05, 0.1) is 11.9 Å². The van der Waals surface area contributed by atoms with Crippen LogP contribution in [0.25, 0.3) is 0 Å². The van der Waals surface area contributed by atoms with Crippen LogP contribution in [0.3, 0.4) is 0 Å². The maximum absolute atomic E-state index is 11.6. The molecule has 3 aromatic rings. The largest absolute Gasteiger partial charge is 0.373 e. The predicted molar refractivity (Wildman–Crippen MR) is 323 cm³/mol. The number of aromatic nitrogens is 3. The summed E-state index contributed by atoms with van der Waals surface area (Å²) in [5.41, 5.74) is 3.51. The van der Waals surface area contributed by atoms with E-state index in [-0.39, 0.29) is 5.91 Å². The van der Waals surface area contributed by atoms with Gasteiger partial charge in [0.1, 0.15) is 5.82 Å². The number of nitrogens with one attached hydrogen (secondary N) is 9. The number of likely N-dealkylation sites (N-methyl/N-ethyl adjacent to an activating group) is 2. The van der Waals surface area contributed by atoms with E-state index < -0.39 is 0 Å². The summed E-state index contributed by atoms with van der Waals surface area (Å²) in [6.07, 6.45) is 49.2. The molecule has 0 aliphatic rings. The molecule has 0 aliphatic carbocycles. The molecule has 0 bridgehead atoms. The molecule has 0 saturated heterocycles. The number of allylic oxidation sites excluding steroid dienone is 2. The molecule has 13 nitrogen and oxygen atoms in total. The van der Waals surface area contributed by atoms with Gasteiger partial charge in [0.25, 0.3) is 0 Å². The van der Waals surface area contributed by atoms with E-state index in [1.807, 2.05) is 79.2 Å². The third-order valence-corrected chi connectivity index (χ3v) is 13.1. The van der Waals surface area contributed by atoms with Crippen LogP contribution < -0.4 is 47.9 Å². The third-order valence-electron chi connectivity index (χ3n) is 13.1. The van der Waals surface area contributed by atoms with Crippen molar-refractivity contribution in [3.63, 3.8) is 0 Å². The first kappa shape index (κ1) is 70.2. The normalized spacial score (nSPS) is 11.7. The number of hydrogen-bond donors (Lipinski definition) is 9. The molecule has 9 N–H and O–H groups in total. The number of unbranched alkanes of at least 4 members (excludes halogenated alkanes) is 18. The number of amides is 1. The summed E-state index contributed by atoms with van der Waals surface area (Å²) in [5.74, 6) is 0.846. The number of carbonyl (C=O) groups is 1. The molecule has 2 atom stereocenters. The van der Waals surface area contributed by atoms with E-state index >= 15 is 0 Å². The van der Waals surface area contributed by atoms with Gasteiger partial charge in [-0.2, -0.15) is 0 Å². The van der Waals surface area contributed by atoms with Crippen LogP contribution in [0.5, 0.6) is 0 Å². The smallest absolute Gasteiger partial charge is 0.224 e. The van der Waals surface area contributed by atoms with Crippen molar-refractivity contribution in [2.24, 2.45) is 0 Å². The lowest BCUT2D eigenvalue weighted by molar-refractivity contribution is -0.116. The second-order valence-electron chi connectivity index (χ2n) is 19.6. The van der Waals surface area contributed by atoms with Gasteiger partial charge >= 0.3 is 0 Å². The Hall–Kier alpha value is -3.82. The van der Waals surface area contributed by atoms with Crippen LogP contribution in [-0.4, -0.2) is 122 Å². The quantitative estimate of drug-likeness (QED) is 0.0195. The Morgan fingerprint density at radius 3 is 1.22 bits per heavy atom. The molecule has 0 aliphatic heterocycles. The summed E-state index contributed by atoms with van der Waals surface area (Å²) in [4.78, 5) is 23.9. The van der Waals surface area contributed by atoms with Gasteiger partial charge in [-0.15, -0.1) is 0 Å². The SMILES string of the molecule is CNCCC/C=C/CCCCCNC.CNCCCCCC(=O)Nc1ccc(NC)nc1.CNCCCCCCCCCC(Cc1ccncc1)NC.CNCCCCCCCCCC(Cc1ccncc1)NC. The minimum Gasteiger partial charge on any atom is -0.373 e. The third kappa shape index (κ3) is 47.9. The van der Waals surface area contributed by atoms with Crippen LogP contribution >= 0.6 is 0 Å². The van der Waals surface area contributed by atoms with Gasteiger partial charge in [0.15, 0.2) is 0 Å². The number of pyridine rings is 3. The Kier molecular flexibility index (Phi) is 54.0. The minimum atomic E-state index is 0.0541. The van der Waals surface area contributed by atoms with Crippen LogP contribution in [0.2, 0.25) is 0 Å². The number of rotatable bonds is 44. The highest BCUT2D eigenvalue weighted by molar-refractivity contribution is 5.90. The summed E-state index contributed by atoms with van der Waals surface area (Å²) < 4.78 is 0. The predicted octanol–water partition coefficient (Wildman–Crippen LogP) is 11.3. The summed E-state index contributed by atoms with van der Waals surface area (Å²) in [6.45, 7) is 5.63. The molecule has 2 unspecified atom stereocenters.